The Kier molecular flexibility index (Phi) is 1.95. The van der Waals surface area contributed by atoms with Gasteiger partial charge in [-0.1, -0.05) is 17.1 Å². The van der Waals surface area contributed by atoms with E-state index in [9.17, 15) is 8.78 Å². The first kappa shape index (κ1) is 7.54. The van der Waals surface area contributed by atoms with Crippen molar-refractivity contribution in [2.75, 3.05) is 0 Å². The molecule has 50 valence electrons. The fraction of sp³-hybridized carbons (Fsp3) is 0. The number of benzene rings is 1. The molecule has 0 saturated carbocycles. The van der Waals surface area contributed by atoms with Crippen LogP contribution in [0.1, 0.15) is 0 Å². The third kappa shape index (κ3) is 1.29. The topological polar surface area (TPSA) is 0 Å². The quantitative estimate of drug-likeness (QED) is 0.396. The molecule has 1 aromatic rings. The van der Waals surface area contributed by atoms with Gasteiger partial charge in [0.25, 0.3) is 0 Å². The van der Waals surface area contributed by atoms with Crippen LogP contribution < -0.4 is 5.46 Å². The first-order chi connectivity index (χ1) is 4.61. The van der Waals surface area contributed by atoms with Crippen LogP contribution in [0.5, 0.6) is 0 Å². The molecule has 2 radical (unpaired) electrons. The molecular formula is C6H2BClF2. The first-order valence-corrected chi connectivity index (χ1v) is 2.89. The van der Waals surface area contributed by atoms with Gasteiger partial charge in [-0.2, -0.15) is 0 Å². The molecule has 10 heavy (non-hydrogen) atoms. The average molecular weight is 158 g/mol. The lowest BCUT2D eigenvalue weighted by molar-refractivity contribution is 0.589. The first-order valence-electron chi connectivity index (χ1n) is 2.51. The summed E-state index contributed by atoms with van der Waals surface area (Å²) in [6, 6.07) is 1.68. The van der Waals surface area contributed by atoms with Gasteiger partial charge in [0.2, 0.25) is 0 Å². The molecule has 0 N–H and O–H groups in total. The van der Waals surface area contributed by atoms with Crippen LogP contribution in [0.25, 0.3) is 0 Å². The Morgan fingerprint density at radius 2 is 1.80 bits per heavy atom. The van der Waals surface area contributed by atoms with Crippen LogP contribution in [0.3, 0.4) is 0 Å². The molecule has 1 rings (SSSR count). The lowest BCUT2D eigenvalue weighted by Gasteiger charge is -1.97. The van der Waals surface area contributed by atoms with Crippen molar-refractivity contribution < 1.29 is 8.78 Å². The summed E-state index contributed by atoms with van der Waals surface area (Å²) in [5, 5.41) is -0.168. The summed E-state index contributed by atoms with van der Waals surface area (Å²) in [4.78, 5) is 0. The van der Waals surface area contributed by atoms with E-state index in [2.05, 4.69) is 0 Å². The number of hydrogen-bond acceptors (Lipinski definition) is 0. The van der Waals surface area contributed by atoms with E-state index in [4.69, 9.17) is 19.4 Å². The molecule has 0 unspecified atom stereocenters. The van der Waals surface area contributed by atoms with Crippen molar-refractivity contribution in [1.29, 1.82) is 0 Å². The second kappa shape index (κ2) is 2.58. The number of halogens is 3. The van der Waals surface area contributed by atoms with E-state index in [0.717, 1.165) is 6.07 Å². The average Bonchev–Trinajstić information content (AvgIpc) is 1.84. The Morgan fingerprint density at radius 1 is 1.20 bits per heavy atom. The molecule has 1 aromatic carbocycles. The predicted molar refractivity (Wildman–Crippen MR) is 36.8 cm³/mol. The van der Waals surface area contributed by atoms with Crippen LogP contribution in [0.15, 0.2) is 12.1 Å². The minimum atomic E-state index is -0.798. The molecule has 4 heteroatoms. The fourth-order valence-corrected chi connectivity index (χ4v) is 0.710. The molecule has 0 aliphatic carbocycles. The van der Waals surface area contributed by atoms with Crippen molar-refractivity contribution in [3.05, 3.63) is 28.8 Å². The smallest absolute Gasteiger partial charge is 0.144 e. The zero-order valence-corrected chi connectivity index (χ0v) is 5.62. The van der Waals surface area contributed by atoms with Crippen LogP contribution in [-0.4, -0.2) is 7.85 Å². The van der Waals surface area contributed by atoms with E-state index in [1.54, 1.807) is 0 Å². The van der Waals surface area contributed by atoms with Gasteiger partial charge in [-0.05, 0) is 6.07 Å². The van der Waals surface area contributed by atoms with E-state index in [1.165, 1.54) is 0 Å². The van der Waals surface area contributed by atoms with E-state index < -0.39 is 11.6 Å². The van der Waals surface area contributed by atoms with Crippen LogP contribution in [0.4, 0.5) is 8.78 Å². The van der Waals surface area contributed by atoms with Crippen molar-refractivity contribution >= 4 is 24.9 Å². The van der Waals surface area contributed by atoms with Crippen molar-refractivity contribution in [3.63, 3.8) is 0 Å². The minimum absolute atomic E-state index is 0.147. The van der Waals surface area contributed by atoms with Crippen LogP contribution in [0.2, 0.25) is 5.02 Å². The molecule has 0 bridgehead atoms. The maximum absolute atomic E-state index is 12.3. The molecule has 0 fully saturated rings. The highest BCUT2D eigenvalue weighted by atomic mass is 35.5. The van der Waals surface area contributed by atoms with Gasteiger partial charge in [0.05, 0.1) is 5.02 Å². The van der Waals surface area contributed by atoms with E-state index >= 15 is 0 Å². The van der Waals surface area contributed by atoms with Crippen molar-refractivity contribution in [1.82, 2.24) is 0 Å². The summed E-state index contributed by atoms with van der Waals surface area (Å²) in [6.07, 6.45) is 0. The van der Waals surface area contributed by atoms with Crippen LogP contribution >= 0.6 is 11.6 Å². The maximum atomic E-state index is 12.3. The van der Waals surface area contributed by atoms with Gasteiger partial charge >= 0.3 is 0 Å². The van der Waals surface area contributed by atoms with E-state index in [1.807, 2.05) is 0 Å². The third-order valence-corrected chi connectivity index (χ3v) is 1.33. The van der Waals surface area contributed by atoms with Crippen LogP contribution in [-0.2, 0) is 0 Å². The molecule has 0 heterocycles. The molecule has 0 atom stereocenters. The second-order valence-corrected chi connectivity index (χ2v) is 2.20. The highest BCUT2D eigenvalue weighted by molar-refractivity contribution is 6.36. The van der Waals surface area contributed by atoms with Gasteiger partial charge in [-0.3, -0.25) is 0 Å². The van der Waals surface area contributed by atoms with Gasteiger partial charge in [0.15, 0.2) is 0 Å². The van der Waals surface area contributed by atoms with Crippen molar-refractivity contribution in [2.45, 2.75) is 0 Å². The summed E-state index contributed by atoms with van der Waals surface area (Å²) < 4.78 is 24.7. The fourth-order valence-electron chi connectivity index (χ4n) is 0.538. The molecule has 0 aliphatic rings. The monoisotopic (exact) mass is 158 g/mol. The summed E-state index contributed by atoms with van der Waals surface area (Å²) in [6.45, 7) is 0. The summed E-state index contributed by atoms with van der Waals surface area (Å²) in [5.74, 6) is -1.59. The Bertz CT molecular complexity index is 212. The van der Waals surface area contributed by atoms with Gasteiger partial charge < -0.3 is 0 Å². The van der Waals surface area contributed by atoms with Gasteiger partial charge in [-0.15, -0.1) is 0 Å². The van der Waals surface area contributed by atoms with E-state index in [0.29, 0.717) is 6.07 Å². The minimum Gasteiger partial charge on any atom is -0.208 e. The Hall–Kier alpha value is -0.565. The van der Waals surface area contributed by atoms with Crippen LogP contribution in [0, 0.1) is 11.6 Å². The standard InChI is InChI=1S/C6H2BClF2/c7-3-1-4(8)6(10)2-5(3)9/h1-2H. The lowest BCUT2D eigenvalue weighted by atomic mass is 9.96. The molecule has 0 amide bonds. The molecule has 0 nitrogen and oxygen atoms in total. The number of rotatable bonds is 0. The highest BCUT2D eigenvalue weighted by Gasteiger charge is 2.02. The molecule has 0 saturated heterocycles. The predicted octanol–water partition coefficient (Wildman–Crippen LogP) is 1.41. The highest BCUT2D eigenvalue weighted by Crippen LogP contribution is 2.12. The number of hydrogen-bond donors (Lipinski definition) is 0. The van der Waals surface area contributed by atoms with Gasteiger partial charge in [0, 0.05) is 6.07 Å². The zero-order valence-electron chi connectivity index (χ0n) is 4.87. The Morgan fingerprint density at radius 3 is 2.30 bits per heavy atom. The molecule has 0 aliphatic heterocycles. The van der Waals surface area contributed by atoms with E-state index in [-0.39, 0.29) is 10.5 Å². The molecular weight excluding hydrogens is 156 g/mol. The zero-order chi connectivity index (χ0) is 7.72. The van der Waals surface area contributed by atoms with Crippen molar-refractivity contribution in [3.8, 4) is 0 Å². The lowest BCUT2D eigenvalue weighted by Crippen LogP contribution is -2.08. The summed E-state index contributed by atoms with van der Waals surface area (Å²) in [7, 11) is 5.06. The Labute approximate surface area is 63.2 Å². The Balaban J connectivity index is 3.28. The largest absolute Gasteiger partial charge is 0.208 e. The van der Waals surface area contributed by atoms with Gasteiger partial charge in [-0.25, -0.2) is 8.78 Å². The maximum Gasteiger partial charge on any atom is 0.144 e. The molecule has 0 spiro atoms. The summed E-state index contributed by atoms with van der Waals surface area (Å²) in [5.41, 5.74) is -0.147. The summed E-state index contributed by atoms with van der Waals surface area (Å²) >= 11 is 5.26. The second-order valence-electron chi connectivity index (χ2n) is 1.79. The van der Waals surface area contributed by atoms with Gasteiger partial charge in [0.1, 0.15) is 19.5 Å². The normalized spacial score (nSPS) is 9.90. The molecule has 0 aromatic heterocycles. The van der Waals surface area contributed by atoms with Crippen molar-refractivity contribution in [2.24, 2.45) is 0 Å². The third-order valence-electron chi connectivity index (χ3n) is 1.04. The SMILES string of the molecule is [B]c1cc(Cl)c(F)cc1F.